The Kier molecular flexibility index (Phi) is 2.56. The van der Waals surface area contributed by atoms with Crippen molar-refractivity contribution in [3.63, 3.8) is 0 Å². The summed E-state index contributed by atoms with van der Waals surface area (Å²) in [4.78, 5) is 3.48. The van der Waals surface area contributed by atoms with Crippen molar-refractivity contribution in [3.8, 4) is 0 Å². The molecule has 96 valence electrons. The fraction of sp³-hybridized carbons (Fsp3) is 0.294. The van der Waals surface area contributed by atoms with E-state index in [4.69, 9.17) is 0 Å². The van der Waals surface area contributed by atoms with E-state index >= 15 is 0 Å². The van der Waals surface area contributed by atoms with Crippen LogP contribution < -0.4 is 5.32 Å². The third-order valence-corrected chi connectivity index (χ3v) is 4.22. The number of H-pyrrole nitrogens is 1. The lowest BCUT2D eigenvalue weighted by Gasteiger charge is -2.09. The molecule has 2 heteroatoms. The second-order valence-corrected chi connectivity index (χ2v) is 5.55. The Labute approximate surface area is 112 Å². The van der Waals surface area contributed by atoms with Crippen LogP contribution in [0.2, 0.25) is 0 Å². The van der Waals surface area contributed by atoms with Gasteiger partial charge in [0.05, 0.1) is 0 Å². The number of hydrogen-bond acceptors (Lipinski definition) is 1. The monoisotopic (exact) mass is 250 g/mol. The molecule has 1 unspecified atom stereocenters. The molecule has 2 nitrogen and oxygen atoms in total. The molecule has 0 aliphatic carbocycles. The van der Waals surface area contributed by atoms with Gasteiger partial charge in [-0.3, -0.25) is 0 Å². The number of aromatic nitrogens is 1. The normalized spacial score (nSPS) is 19.5. The molecule has 19 heavy (non-hydrogen) atoms. The first-order valence-corrected chi connectivity index (χ1v) is 7.13. The van der Waals surface area contributed by atoms with Crippen molar-refractivity contribution in [2.75, 3.05) is 6.54 Å². The van der Waals surface area contributed by atoms with Crippen LogP contribution in [0, 0.1) is 0 Å². The van der Waals surface area contributed by atoms with Gasteiger partial charge in [0.25, 0.3) is 0 Å². The molecule has 0 saturated carbocycles. The maximum Gasteiger partial charge on any atom is 0.0465 e. The van der Waals surface area contributed by atoms with E-state index in [-0.39, 0.29) is 0 Å². The summed E-state index contributed by atoms with van der Waals surface area (Å²) in [5.74, 6) is 0. The number of nitrogens with one attached hydrogen (secondary N) is 2. The van der Waals surface area contributed by atoms with Crippen LogP contribution in [0.3, 0.4) is 0 Å². The van der Waals surface area contributed by atoms with Gasteiger partial charge in [-0.1, -0.05) is 24.3 Å². The molecular formula is C17H18N2. The van der Waals surface area contributed by atoms with Gasteiger partial charge in [0, 0.05) is 27.8 Å². The molecule has 0 spiro atoms. The lowest BCUT2D eigenvalue weighted by atomic mass is 10.0. The van der Waals surface area contributed by atoms with E-state index in [0.29, 0.717) is 6.04 Å². The Balaban J connectivity index is 1.78. The van der Waals surface area contributed by atoms with Crippen LogP contribution in [0.5, 0.6) is 0 Å². The zero-order valence-electron chi connectivity index (χ0n) is 10.9. The van der Waals surface area contributed by atoms with Crippen molar-refractivity contribution in [3.05, 3.63) is 48.0 Å². The van der Waals surface area contributed by atoms with Gasteiger partial charge < -0.3 is 10.3 Å². The smallest absolute Gasteiger partial charge is 0.0465 e. The molecule has 0 bridgehead atoms. The first-order valence-electron chi connectivity index (χ1n) is 7.13. The van der Waals surface area contributed by atoms with E-state index in [2.05, 4.69) is 52.8 Å². The van der Waals surface area contributed by atoms with Gasteiger partial charge in [-0.25, -0.2) is 0 Å². The standard InChI is InChI=1S/C17H18N2/c1-2-6-16-14(5-1)15-11-12(7-8-17(15)19-16)10-13-4-3-9-18-13/h1-2,5-8,11,13,18-19H,3-4,9-10H2. The van der Waals surface area contributed by atoms with Gasteiger partial charge >= 0.3 is 0 Å². The molecule has 0 amide bonds. The number of fused-ring (bicyclic) bond motifs is 3. The van der Waals surface area contributed by atoms with Gasteiger partial charge in [-0.2, -0.15) is 0 Å². The first-order chi connectivity index (χ1) is 9.40. The average molecular weight is 250 g/mol. The van der Waals surface area contributed by atoms with Crippen LogP contribution in [0.15, 0.2) is 42.5 Å². The van der Waals surface area contributed by atoms with Crippen molar-refractivity contribution < 1.29 is 0 Å². The van der Waals surface area contributed by atoms with Crippen molar-refractivity contribution in [2.24, 2.45) is 0 Å². The highest BCUT2D eigenvalue weighted by molar-refractivity contribution is 6.07. The summed E-state index contributed by atoms with van der Waals surface area (Å²) >= 11 is 0. The van der Waals surface area contributed by atoms with Crippen LogP contribution >= 0.6 is 0 Å². The number of aromatic amines is 1. The maximum atomic E-state index is 3.58. The summed E-state index contributed by atoms with van der Waals surface area (Å²) in [7, 11) is 0. The second-order valence-electron chi connectivity index (χ2n) is 5.55. The van der Waals surface area contributed by atoms with Crippen LogP contribution in [0.25, 0.3) is 21.8 Å². The van der Waals surface area contributed by atoms with E-state index in [1.54, 1.807) is 0 Å². The number of hydrogen-bond donors (Lipinski definition) is 2. The Hall–Kier alpha value is -1.80. The topological polar surface area (TPSA) is 27.8 Å². The fourth-order valence-corrected chi connectivity index (χ4v) is 3.24. The minimum Gasteiger partial charge on any atom is -0.355 e. The van der Waals surface area contributed by atoms with Crippen molar-refractivity contribution in [1.29, 1.82) is 0 Å². The molecule has 1 aliphatic rings. The van der Waals surface area contributed by atoms with Crippen LogP contribution in [-0.2, 0) is 6.42 Å². The lowest BCUT2D eigenvalue weighted by molar-refractivity contribution is 0.603. The molecule has 1 saturated heterocycles. The van der Waals surface area contributed by atoms with Gasteiger partial charge in [0.1, 0.15) is 0 Å². The molecule has 1 aromatic heterocycles. The minimum atomic E-state index is 0.669. The summed E-state index contributed by atoms with van der Waals surface area (Å²) < 4.78 is 0. The SMILES string of the molecule is c1ccc2c(c1)[nH]c1ccc(CC3CCCN3)cc12. The van der Waals surface area contributed by atoms with Gasteiger partial charge in [-0.15, -0.1) is 0 Å². The molecule has 2 aromatic carbocycles. The van der Waals surface area contributed by atoms with Gasteiger partial charge in [0.2, 0.25) is 0 Å². The Bertz CT molecular complexity index is 720. The zero-order valence-corrected chi connectivity index (χ0v) is 10.9. The highest BCUT2D eigenvalue weighted by Crippen LogP contribution is 2.26. The third-order valence-electron chi connectivity index (χ3n) is 4.22. The number of para-hydroxylation sites is 1. The predicted octanol–water partition coefficient (Wildman–Crippen LogP) is 3.62. The molecule has 4 rings (SSSR count). The van der Waals surface area contributed by atoms with Gasteiger partial charge in [0.15, 0.2) is 0 Å². The largest absolute Gasteiger partial charge is 0.355 e. The summed E-state index contributed by atoms with van der Waals surface area (Å²) in [5.41, 5.74) is 3.91. The van der Waals surface area contributed by atoms with Crippen molar-refractivity contribution in [1.82, 2.24) is 10.3 Å². The molecule has 1 fully saturated rings. The summed E-state index contributed by atoms with van der Waals surface area (Å²) in [6.45, 7) is 1.18. The highest BCUT2D eigenvalue weighted by atomic mass is 14.9. The summed E-state index contributed by atoms with van der Waals surface area (Å²) in [5, 5.41) is 6.26. The van der Waals surface area contributed by atoms with E-state index in [9.17, 15) is 0 Å². The second kappa shape index (κ2) is 4.39. The van der Waals surface area contributed by atoms with E-state index in [0.717, 1.165) is 6.42 Å². The predicted molar refractivity (Wildman–Crippen MR) is 80.5 cm³/mol. The first kappa shape index (κ1) is 11.1. The minimum absolute atomic E-state index is 0.669. The highest BCUT2D eigenvalue weighted by Gasteiger charge is 2.14. The molecule has 1 aliphatic heterocycles. The molecule has 2 heterocycles. The number of rotatable bonds is 2. The zero-order chi connectivity index (χ0) is 12.7. The summed E-state index contributed by atoms with van der Waals surface area (Å²) in [6, 6.07) is 16.1. The lowest BCUT2D eigenvalue weighted by Crippen LogP contribution is -2.23. The quantitative estimate of drug-likeness (QED) is 0.714. The molecular weight excluding hydrogens is 232 g/mol. The Morgan fingerprint density at radius 3 is 2.79 bits per heavy atom. The molecule has 2 N–H and O–H groups in total. The maximum absolute atomic E-state index is 3.58. The van der Waals surface area contributed by atoms with E-state index in [1.807, 2.05) is 0 Å². The van der Waals surface area contributed by atoms with Crippen LogP contribution in [-0.4, -0.2) is 17.6 Å². The van der Waals surface area contributed by atoms with Crippen LogP contribution in [0.4, 0.5) is 0 Å². The average Bonchev–Trinajstić information content (AvgIpc) is 3.06. The fourth-order valence-electron chi connectivity index (χ4n) is 3.24. The summed E-state index contributed by atoms with van der Waals surface area (Å²) in [6.07, 6.45) is 3.78. The van der Waals surface area contributed by atoms with E-state index < -0.39 is 0 Å². The Morgan fingerprint density at radius 2 is 1.89 bits per heavy atom. The van der Waals surface area contributed by atoms with Crippen molar-refractivity contribution in [2.45, 2.75) is 25.3 Å². The molecule has 0 radical (unpaired) electrons. The van der Waals surface area contributed by atoms with Crippen LogP contribution in [0.1, 0.15) is 18.4 Å². The number of benzene rings is 2. The van der Waals surface area contributed by atoms with Crippen molar-refractivity contribution >= 4 is 21.8 Å². The van der Waals surface area contributed by atoms with E-state index in [1.165, 1.54) is 46.8 Å². The Morgan fingerprint density at radius 1 is 1.00 bits per heavy atom. The molecule has 3 aromatic rings. The van der Waals surface area contributed by atoms with Gasteiger partial charge in [-0.05, 0) is 49.6 Å². The third kappa shape index (κ3) is 1.92. The molecule has 1 atom stereocenters.